The van der Waals surface area contributed by atoms with Gasteiger partial charge < -0.3 is 10.6 Å². The topological polar surface area (TPSA) is 58.3 Å². The summed E-state index contributed by atoms with van der Waals surface area (Å²) in [5, 5.41) is 0.808. The third kappa shape index (κ3) is 5.33. The molecule has 1 aliphatic heterocycles. The molecule has 0 bridgehead atoms. The molecule has 2 aromatic rings. The molecule has 160 valence electrons. The van der Waals surface area contributed by atoms with Crippen LogP contribution in [0.25, 0.3) is 0 Å². The Morgan fingerprint density at radius 2 is 1.79 bits per heavy atom. The highest BCUT2D eigenvalue weighted by atomic mass is 35.5. The van der Waals surface area contributed by atoms with Gasteiger partial charge >= 0.3 is 0 Å². The molecule has 0 radical (unpaired) electrons. The lowest BCUT2D eigenvalue weighted by atomic mass is 9.68. The largest absolute Gasteiger partial charge is 0.353 e. The Bertz CT molecular complexity index is 745. The summed E-state index contributed by atoms with van der Waals surface area (Å²) in [6.07, 6.45) is 10.0. The highest BCUT2D eigenvalue weighted by Crippen LogP contribution is 2.41. The number of aromatic nitrogens is 2. The first kappa shape index (κ1) is 24.2. The van der Waals surface area contributed by atoms with Crippen molar-refractivity contribution in [2.24, 2.45) is 5.73 Å². The van der Waals surface area contributed by atoms with Crippen LogP contribution in [0.2, 0.25) is 5.02 Å². The number of anilines is 1. The van der Waals surface area contributed by atoms with E-state index in [9.17, 15) is 0 Å². The Kier molecular flexibility index (Phi) is 8.98. The van der Waals surface area contributed by atoms with Crippen LogP contribution in [0.3, 0.4) is 0 Å². The summed E-state index contributed by atoms with van der Waals surface area (Å²) in [6, 6.07) is 8.95. The van der Waals surface area contributed by atoms with E-state index >= 15 is 0 Å². The number of benzene rings is 1. The van der Waals surface area contributed by atoms with E-state index in [1.807, 2.05) is 18.3 Å². The van der Waals surface area contributed by atoms with E-state index in [-0.39, 0.29) is 30.2 Å². The molecule has 2 aliphatic rings. The number of nitrogens with zero attached hydrogens (tertiary/aromatic N) is 4. The summed E-state index contributed by atoms with van der Waals surface area (Å²) in [5.74, 6) is 0.990. The van der Waals surface area contributed by atoms with Crippen LogP contribution in [0, 0.1) is 0 Å². The minimum absolute atomic E-state index is 0. The van der Waals surface area contributed by atoms with Gasteiger partial charge in [-0.15, -0.1) is 24.8 Å². The molecular formula is C21H30Cl3N5. The Morgan fingerprint density at radius 1 is 1.07 bits per heavy atom. The molecule has 0 amide bonds. The fourth-order valence-corrected chi connectivity index (χ4v) is 4.91. The van der Waals surface area contributed by atoms with Gasteiger partial charge in [-0.2, -0.15) is 0 Å². The van der Waals surface area contributed by atoms with Crippen molar-refractivity contribution in [3.05, 3.63) is 53.4 Å². The Labute approximate surface area is 190 Å². The summed E-state index contributed by atoms with van der Waals surface area (Å²) in [6.45, 7) is 4.92. The lowest BCUT2D eigenvalue weighted by molar-refractivity contribution is 0.118. The van der Waals surface area contributed by atoms with Gasteiger partial charge in [-0.05, 0) is 43.4 Å². The summed E-state index contributed by atoms with van der Waals surface area (Å²) < 4.78 is 0. The number of rotatable bonds is 4. The normalized spacial score (nSPS) is 25.0. The van der Waals surface area contributed by atoms with Crippen LogP contribution in [0.15, 0.2) is 42.9 Å². The average Bonchev–Trinajstić information content (AvgIpc) is 2.75. The van der Waals surface area contributed by atoms with Crippen molar-refractivity contribution in [2.75, 3.05) is 37.6 Å². The van der Waals surface area contributed by atoms with Gasteiger partial charge in [0.25, 0.3) is 0 Å². The van der Waals surface area contributed by atoms with Gasteiger partial charge in [-0.25, -0.2) is 4.98 Å². The molecule has 8 heteroatoms. The van der Waals surface area contributed by atoms with Crippen LogP contribution in [-0.2, 0) is 5.41 Å². The number of nitrogens with two attached hydrogens (primary N) is 1. The number of hydrogen-bond acceptors (Lipinski definition) is 5. The van der Waals surface area contributed by atoms with E-state index in [2.05, 4.69) is 31.9 Å². The zero-order valence-electron chi connectivity index (χ0n) is 16.5. The Hall–Kier alpha value is -1.11. The monoisotopic (exact) mass is 457 g/mol. The van der Waals surface area contributed by atoms with Gasteiger partial charge in [-0.1, -0.05) is 23.7 Å². The molecule has 2 fully saturated rings. The maximum atomic E-state index is 6.25. The first-order valence-corrected chi connectivity index (χ1v) is 10.3. The number of piperazine rings is 1. The van der Waals surface area contributed by atoms with Gasteiger partial charge in [0.05, 0.1) is 6.20 Å². The molecule has 1 aliphatic carbocycles. The molecular weight excluding hydrogens is 429 g/mol. The Balaban J connectivity index is 0.00000150. The molecule has 2 heterocycles. The first-order chi connectivity index (χ1) is 13.2. The molecule has 29 heavy (non-hydrogen) atoms. The van der Waals surface area contributed by atoms with Crippen molar-refractivity contribution < 1.29 is 0 Å². The van der Waals surface area contributed by atoms with Gasteiger partial charge in [0.2, 0.25) is 0 Å². The lowest BCUT2D eigenvalue weighted by Crippen LogP contribution is -2.53. The van der Waals surface area contributed by atoms with Crippen molar-refractivity contribution >= 4 is 42.2 Å². The quantitative estimate of drug-likeness (QED) is 0.752. The predicted octanol–water partition coefficient (Wildman–Crippen LogP) is 3.93. The summed E-state index contributed by atoms with van der Waals surface area (Å²) in [4.78, 5) is 13.6. The second kappa shape index (κ2) is 10.8. The molecule has 0 unspecified atom stereocenters. The van der Waals surface area contributed by atoms with Crippen molar-refractivity contribution in [1.82, 2.24) is 14.9 Å². The van der Waals surface area contributed by atoms with E-state index in [0.29, 0.717) is 12.6 Å². The molecule has 1 aromatic carbocycles. The molecule has 1 saturated carbocycles. The summed E-state index contributed by atoms with van der Waals surface area (Å²) in [7, 11) is 0. The minimum atomic E-state index is 0. The van der Waals surface area contributed by atoms with Gasteiger partial charge in [0.15, 0.2) is 0 Å². The van der Waals surface area contributed by atoms with Crippen LogP contribution in [0.4, 0.5) is 5.82 Å². The van der Waals surface area contributed by atoms with Crippen LogP contribution in [0.1, 0.15) is 31.2 Å². The van der Waals surface area contributed by atoms with Gasteiger partial charge in [0.1, 0.15) is 5.82 Å². The molecule has 0 atom stereocenters. The van der Waals surface area contributed by atoms with Gasteiger partial charge in [-0.3, -0.25) is 9.88 Å². The van der Waals surface area contributed by atoms with Crippen LogP contribution < -0.4 is 10.6 Å². The molecule has 2 N–H and O–H groups in total. The fraction of sp³-hybridized carbons (Fsp3) is 0.524. The molecule has 5 nitrogen and oxygen atoms in total. The van der Waals surface area contributed by atoms with E-state index in [4.69, 9.17) is 17.3 Å². The highest BCUT2D eigenvalue weighted by molar-refractivity contribution is 6.30. The molecule has 1 saturated heterocycles. The smallest absolute Gasteiger partial charge is 0.147 e. The van der Waals surface area contributed by atoms with Crippen LogP contribution in [-0.4, -0.2) is 53.6 Å². The number of halogens is 3. The Morgan fingerprint density at radius 3 is 2.38 bits per heavy atom. The van der Waals surface area contributed by atoms with E-state index in [1.54, 1.807) is 12.4 Å². The van der Waals surface area contributed by atoms with Crippen molar-refractivity contribution in [3.63, 3.8) is 0 Å². The standard InChI is InChI=1S/C21H28ClN5.2ClH/c22-18-3-1-2-17(14-18)21(16-23)6-4-19(5-7-21)26-10-12-27(13-11-26)20-15-24-8-9-25-20;;/h1-3,8-9,14-15,19H,4-7,10-13,16,23H2;2*1H. The maximum Gasteiger partial charge on any atom is 0.147 e. The molecule has 4 rings (SSSR count). The zero-order chi connectivity index (χ0) is 18.7. The highest BCUT2D eigenvalue weighted by Gasteiger charge is 2.38. The third-order valence-electron chi connectivity index (χ3n) is 6.44. The molecule has 0 spiro atoms. The predicted molar refractivity (Wildman–Crippen MR) is 125 cm³/mol. The van der Waals surface area contributed by atoms with Crippen LogP contribution >= 0.6 is 36.4 Å². The molecule has 1 aromatic heterocycles. The zero-order valence-corrected chi connectivity index (χ0v) is 18.9. The van der Waals surface area contributed by atoms with Crippen molar-refractivity contribution in [2.45, 2.75) is 37.1 Å². The number of hydrogen-bond donors (Lipinski definition) is 1. The fourth-order valence-electron chi connectivity index (χ4n) is 4.72. The summed E-state index contributed by atoms with van der Waals surface area (Å²) in [5.41, 5.74) is 7.65. The minimum Gasteiger partial charge on any atom is -0.353 e. The van der Waals surface area contributed by atoms with Crippen LogP contribution in [0.5, 0.6) is 0 Å². The second-order valence-corrected chi connectivity index (χ2v) is 8.25. The van der Waals surface area contributed by atoms with Crippen molar-refractivity contribution in [1.29, 1.82) is 0 Å². The SMILES string of the molecule is Cl.Cl.NCC1(c2cccc(Cl)c2)CCC(N2CCN(c3cnccn3)CC2)CC1. The van der Waals surface area contributed by atoms with Gasteiger partial charge in [0, 0.05) is 61.6 Å². The lowest BCUT2D eigenvalue weighted by Gasteiger charge is -2.46. The van der Waals surface area contributed by atoms with E-state index in [1.165, 1.54) is 18.4 Å². The average molecular weight is 459 g/mol. The summed E-state index contributed by atoms with van der Waals surface area (Å²) >= 11 is 6.23. The third-order valence-corrected chi connectivity index (χ3v) is 6.68. The maximum absolute atomic E-state index is 6.25. The van der Waals surface area contributed by atoms with E-state index < -0.39 is 0 Å². The van der Waals surface area contributed by atoms with Crippen molar-refractivity contribution in [3.8, 4) is 0 Å². The first-order valence-electron chi connectivity index (χ1n) is 9.91. The second-order valence-electron chi connectivity index (χ2n) is 7.81. The van der Waals surface area contributed by atoms with E-state index in [0.717, 1.165) is 49.9 Å².